The molecule has 0 N–H and O–H groups in total. The zero-order valence-corrected chi connectivity index (χ0v) is 7.22. The molecule has 0 bridgehead atoms. The summed E-state index contributed by atoms with van der Waals surface area (Å²) in [6.07, 6.45) is -0.224. The van der Waals surface area contributed by atoms with Crippen LogP contribution in [-0.2, 0) is 11.2 Å². The zero-order valence-electron chi connectivity index (χ0n) is 6.40. The molecule has 0 spiro atoms. The number of rotatable bonds is 2. The van der Waals surface area contributed by atoms with E-state index in [4.69, 9.17) is 5.26 Å². The van der Waals surface area contributed by atoms with Gasteiger partial charge in [0.05, 0.1) is 5.69 Å². The minimum Gasteiger partial charge on any atom is -0.550 e. The molecule has 1 heterocycles. The first-order valence-electron chi connectivity index (χ1n) is 2.76. The summed E-state index contributed by atoms with van der Waals surface area (Å²) in [7, 11) is 0. The van der Waals surface area contributed by atoms with Crippen LogP contribution in [0.5, 0.6) is 0 Å². The van der Waals surface area contributed by atoms with Gasteiger partial charge in [-0.3, -0.25) is 0 Å². The van der Waals surface area contributed by atoms with E-state index in [0.717, 1.165) is 11.3 Å². The van der Waals surface area contributed by atoms with E-state index in [2.05, 4.69) is 4.98 Å². The predicted molar refractivity (Wildman–Crippen MR) is 35.5 cm³/mol. The van der Waals surface area contributed by atoms with Gasteiger partial charge in [-0.25, -0.2) is 4.98 Å². The van der Waals surface area contributed by atoms with Gasteiger partial charge < -0.3 is 9.90 Å². The minimum absolute atomic E-state index is 0. The number of carbonyl (C=O) groups excluding carboxylic acids is 1. The molecule has 0 aliphatic rings. The minimum atomic E-state index is -1.18. The van der Waals surface area contributed by atoms with Crippen molar-refractivity contribution in [1.29, 1.82) is 5.26 Å². The zero-order chi connectivity index (χ0) is 8.27. The van der Waals surface area contributed by atoms with Crippen LogP contribution >= 0.6 is 11.3 Å². The van der Waals surface area contributed by atoms with Crippen LogP contribution in [0.25, 0.3) is 0 Å². The average molecular weight is 174 g/mol. The maximum Gasteiger partial charge on any atom is 1.00 e. The van der Waals surface area contributed by atoms with Crippen molar-refractivity contribution in [3.63, 3.8) is 0 Å². The van der Waals surface area contributed by atoms with Crippen molar-refractivity contribution < 1.29 is 28.8 Å². The van der Waals surface area contributed by atoms with Crippen LogP contribution < -0.4 is 24.0 Å². The smallest absolute Gasteiger partial charge is 0.550 e. The van der Waals surface area contributed by atoms with Gasteiger partial charge in [0, 0.05) is 17.8 Å². The van der Waals surface area contributed by atoms with Gasteiger partial charge in [0.25, 0.3) is 0 Å². The Morgan fingerprint density at radius 1 is 1.83 bits per heavy atom. The summed E-state index contributed by atoms with van der Waals surface area (Å²) in [6.45, 7) is 0. The Hall–Kier alpha value is -0.813. The quantitative estimate of drug-likeness (QED) is 0.432. The van der Waals surface area contributed by atoms with Crippen molar-refractivity contribution in [3.8, 4) is 6.07 Å². The molecule has 1 rings (SSSR count). The van der Waals surface area contributed by atoms with Crippen molar-refractivity contribution in [2.24, 2.45) is 0 Å². The molecule has 4 nitrogen and oxygen atoms in total. The summed E-state index contributed by atoms with van der Waals surface area (Å²) in [4.78, 5) is 13.7. The molecule has 0 aliphatic carbocycles. The van der Waals surface area contributed by atoms with E-state index in [1.807, 2.05) is 6.07 Å². The number of carbonyl (C=O) groups is 1. The average Bonchev–Trinajstić information content (AvgIpc) is 2.34. The molecule has 0 atom stereocenters. The number of nitrogens with zero attached hydrogens (tertiary/aromatic N) is 2. The number of aromatic nitrogens is 1. The Morgan fingerprint density at radius 2 is 2.50 bits per heavy atom. The van der Waals surface area contributed by atoms with Gasteiger partial charge >= 0.3 is 18.9 Å². The van der Waals surface area contributed by atoms with Crippen molar-refractivity contribution in [1.82, 2.24) is 4.98 Å². The third-order valence-electron chi connectivity index (χ3n) is 0.973. The van der Waals surface area contributed by atoms with Crippen LogP contribution in [0.2, 0.25) is 0 Å². The van der Waals surface area contributed by atoms with Crippen LogP contribution in [-0.4, -0.2) is 11.0 Å². The van der Waals surface area contributed by atoms with Crippen LogP contribution in [0.15, 0.2) is 5.38 Å². The Morgan fingerprint density at radius 3 is 2.92 bits per heavy atom. The molecule has 12 heavy (non-hydrogen) atoms. The molecule has 56 valence electrons. The van der Waals surface area contributed by atoms with Crippen molar-refractivity contribution >= 4 is 17.3 Å². The van der Waals surface area contributed by atoms with E-state index in [9.17, 15) is 9.90 Å². The van der Waals surface area contributed by atoms with E-state index in [1.165, 1.54) is 5.38 Å². The number of hydrogen-bond acceptors (Lipinski definition) is 5. The first-order valence-corrected chi connectivity index (χ1v) is 3.64. The maximum atomic E-state index is 10.0. The third-order valence-corrected chi connectivity index (χ3v) is 1.77. The second-order valence-corrected chi connectivity index (χ2v) is 2.66. The molecule has 0 aromatic carbocycles. The molecule has 6 heteroatoms. The first-order chi connectivity index (χ1) is 5.22. The number of thiazole rings is 1. The summed E-state index contributed by atoms with van der Waals surface area (Å²) in [5, 5.41) is 20.2. The molecular weight excluding hydrogens is 171 g/mol. The number of carboxylic acid groups (broad SMARTS) is 1. The fourth-order valence-electron chi connectivity index (χ4n) is 0.587. The van der Waals surface area contributed by atoms with Crippen LogP contribution in [0, 0.1) is 11.3 Å². The normalized spacial score (nSPS) is 8.25. The SMILES string of the molecule is N#Cc1nc(CC(=O)[O-])cs1.[Li+]. The van der Waals surface area contributed by atoms with Gasteiger partial charge in [-0.15, -0.1) is 11.3 Å². The standard InChI is InChI=1S/C6H4N2O2S.Li/c7-2-5-8-4(3-11-5)1-6(9)10;/h3H,1H2,(H,9,10);/q;+1/p-1. The Kier molecular flexibility index (Phi) is 4.61. The Labute approximate surface area is 85.0 Å². The summed E-state index contributed by atoms with van der Waals surface area (Å²) in [5.74, 6) is -1.18. The molecule has 0 saturated carbocycles. The van der Waals surface area contributed by atoms with Gasteiger partial charge in [0.1, 0.15) is 6.07 Å². The summed E-state index contributed by atoms with van der Waals surface area (Å²) >= 11 is 1.13. The molecule has 1 aromatic heterocycles. The van der Waals surface area contributed by atoms with E-state index >= 15 is 0 Å². The van der Waals surface area contributed by atoms with Crippen molar-refractivity contribution in [3.05, 3.63) is 16.1 Å². The summed E-state index contributed by atoms with van der Waals surface area (Å²) in [5.41, 5.74) is 0.381. The van der Waals surface area contributed by atoms with Crippen LogP contribution in [0.4, 0.5) is 0 Å². The van der Waals surface area contributed by atoms with E-state index in [-0.39, 0.29) is 30.3 Å². The van der Waals surface area contributed by atoms with Gasteiger partial charge in [0.2, 0.25) is 0 Å². The predicted octanol–water partition coefficient (Wildman–Crippen LogP) is -3.69. The van der Waals surface area contributed by atoms with Crippen molar-refractivity contribution in [2.75, 3.05) is 0 Å². The summed E-state index contributed by atoms with van der Waals surface area (Å²) < 4.78 is 0. The first kappa shape index (κ1) is 11.2. The number of carboxylic acids is 1. The molecule has 0 saturated heterocycles. The molecule has 0 amide bonds. The Balaban J connectivity index is 0.00000121. The topological polar surface area (TPSA) is 76.8 Å². The fourth-order valence-corrected chi connectivity index (χ4v) is 1.19. The molecule has 0 unspecified atom stereocenters. The maximum absolute atomic E-state index is 10.0. The fraction of sp³-hybridized carbons (Fsp3) is 0.167. The number of aliphatic carboxylic acids is 1. The van der Waals surface area contributed by atoms with E-state index in [1.54, 1.807) is 0 Å². The monoisotopic (exact) mass is 174 g/mol. The Bertz CT molecular complexity index is 318. The van der Waals surface area contributed by atoms with E-state index in [0.29, 0.717) is 5.69 Å². The molecule has 0 fully saturated rings. The van der Waals surface area contributed by atoms with Gasteiger partial charge in [-0.2, -0.15) is 5.26 Å². The third kappa shape index (κ3) is 3.06. The number of hydrogen-bond donors (Lipinski definition) is 0. The van der Waals surface area contributed by atoms with Gasteiger partial charge in [0.15, 0.2) is 5.01 Å². The van der Waals surface area contributed by atoms with Crippen molar-refractivity contribution in [2.45, 2.75) is 6.42 Å². The van der Waals surface area contributed by atoms with Gasteiger partial charge in [-0.05, 0) is 0 Å². The molecule has 0 radical (unpaired) electrons. The summed E-state index contributed by atoms with van der Waals surface area (Å²) in [6, 6.07) is 1.81. The molecular formula is C6H3LiN2O2S. The van der Waals surface area contributed by atoms with Gasteiger partial charge in [-0.1, -0.05) is 0 Å². The number of nitriles is 1. The second kappa shape index (κ2) is 4.94. The second-order valence-electron chi connectivity index (χ2n) is 1.80. The van der Waals surface area contributed by atoms with E-state index < -0.39 is 5.97 Å². The van der Waals surface area contributed by atoms with Crippen LogP contribution in [0.1, 0.15) is 10.7 Å². The molecule has 1 aromatic rings. The molecule has 0 aliphatic heterocycles. The van der Waals surface area contributed by atoms with Crippen LogP contribution in [0.3, 0.4) is 0 Å². The largest absolute Gasteiger partial charge is 1.00 e.